The summed E-state index contributed by atoms with van der Waals surface area (Å²) in [4.78, 5) is 12.8. The SMILES string of the molecule is O[C@@H]1CCC(Nc2ccnc(-c3nccs3)n2)C[C@@H]1O. The average Bonchev–Trinajstić information content (AvgIpc) is 2.97. The maximum absolute atomic E-state index is 9.70. The molecule has 7 heteroatoms. The number of thiazole rings is 1. The molecule has 2 aromatic heterocycles. The number of rotatable bonds is 3. The lowest BCUT2D eigenvalue weighted by molar-refractivity contribution is -0.0120. The Hall–Kier alpha value is -1.57. The molecule has 1 aliphatic carbocycles. The van der Waals surface area contributed by atoms with E-state index in [1.165, 1.54) is 11.3 Å². The maximum atomic E-state index is 9.70. The first kappa shape index (κ1) is 13.4. The quantitative estimate of drug-likeness (QED) is 0.789. The van der Waals surface area contributed by atoms with Crippen LogP contribution in [0.25, 0.3) is 10.8 Å². The topological polar surface area (TPSA) is 91.2 Å². The largest absolute Gasteiger partial charge is 0.390 e. The molecule has 3 atom stereocenters. The number of hydrogen-bond donors (Lipinski definition) is 3. The molecule has 1 unspecified atom stereocenters. The summed E-state index contributed by atoms with van der Waals surface area (Å²) in [6.07, 6.45) is 4.09. The van der Waals surface area contributed by atoms with Crippen molar-refractivity contribution < 1.29 is 10.2 Å². The zero-order valence-electron chi connectivity index (χ0n) is 10.8. The van der Waals surface area contributed by atoms with Crippen LogP contribution in [0.2, 0.25) is 0 Å². The van der Waals surface area contributed by atoms with Gasteiger partial charge in [0.25, 0.3) is 0 Å². The van der Waals surface area contributed by atoms with E-state index < -0.39 is 12.2 Å². The van der Waals surface area contributed by atoms with Crippen LogP contribution in [-0.4, -0.2) is 43.4 Å². The molecule has 0 aliphatic heterocycles. The minimum atomic E-state index is -0.665. The highest BCUT2D eigenvalue weighted by Crippen LogP contribution is 2.23. The predicted octanol–water partition coefficient (Wildman–Crippen LogP) is 1.29. The third-order valence-electron chi connectivity index (χ3n) is 3.41. The van der Waals surface area contributed by atoms with E-state index in [0.29, 0.717) is 18.7 Å². The molecule has 0 saturated heterocycles. The first-order chi connectivity index (χ1) is 9.72. The number of aromatic nitrogens is 3. The maximum Gasteiger partial charge on any atom is 0.190 e. The van der Waals surface area contributed by atoms with Gasteiger partial charge in [-0.15, -0.1) is 11.3 Å². The molecule has 1 fully saturated rings. The lowest BCUT2D eigenvalue weighted by atomic mass is 9.90. The van der Waals surface area contributed by atoms with E-state index in [4.69, 9.17) is 0 Å². The zero-order valence-corrected chi connectivity index (χ0v) is 11.6. The van der Waals surface area contributed by atoms with Crippen LogP contribution in [0.5, 0.6) is 0 Å². The highest BCUT2D eigenvalue weighted by molar-refractivity contribution is 7.12. The van der Waals surface area contributed by atoms with Crippen LogP contribution in [0.3, 0.4) is 0 Å². The van der Waals surface area contributed by atoms with Crippen molar-refractivity contribution in [1.29, 1.82) is 0 Å². The van der Waals surface area contributed by atoms with Gasteiger partial charge in [0.15, 0.2) is 10.8 Å². The van der Waals surface area contributed by atoms with Gasteiger partial charge in [-0.05, 0) is 25.3 Å². The summed E-state index contributed by atoms with van der Waals surface area (Å²) >= 11 is 1.49. The third kappa shape index (κ3) is 2.95. The van der Waals surface area contributed by atoms with Gasteiger partial charge < -0.3 is 15.5 Å². The fraction of sp³-hybridized carbons (Fsp3) is 0.462. The molecule has 0 amide bonds. The molecule has 106 valence electrons. The number of hydrogen-bond acceptors (Lipinski definition) is 7. The Balaban J connectivity index is 1.70. The van der Waals surface area contributed by atoms with Crippen LogP contribution in [-0.2, 0) is 0 Å². The summed E-state index contributed by atoms with van der Waals surface area (Å²) in [7, 11) is 0. The second-order valence-corrected chi connectivity index (χ2v) is 5.79. The Morgan fingerprint density at radius 3 is 2.80 bits per heavy atom. The Bertz CT molecular complexity index is 563. The Labute approximate surface area is 120 Å². The van der Waals surface area contributed by atoms with Crippen molar-refractivity contribution in [3.05, 3.63) is 23.8 Å². The van der Waals surface area contributed by atoms with E-state index in [-0.39, 0.29) is 6.04 Å². The fourth-order valence-electron chi connectivity index (χ4n) is 2.35. The summed E-state index contributed by atoms with van der Waals surface area (Å²) < 4.78 is 0. The van der Waals surface area contributed by atoms with E-state index >= 15 is 0 Å². The predicted molar refractivity (Wildman–Crippen MR) is 76.4 cm³/mol. The van der Waals surface area contributed by atoms with Gasteiger partial charge in [-0.2, -0.15) is 0 Å². The van der Waals surface area contributed by atoms with Crippen LogP contribution >= 0.6 is 11.3 Å². The summed E-state index contributed by atoms with van der Waals surface area (Å²) in [5.41, 5.74) is 0. The van der Waals surface area contributed by atoms with Crippen molar-refractivity contribution in [1.82, 2.24) is 15.0 Å². The highest BCUT2D eigenvalue weighted by atomic mass is 32.1. The number of aliphatic hydroxyl groups is 2. The van der Waals surface area contributed by atoms with Crippen LogP contribution in [0, 0.1) is 0 Å². The highest BCUT2D eigenvalue weighted by Gasteiger charge is 2.27. The van der Waals surface area contributed by atoms with Crippen molar-refractivity contribution in [3.8, 4) is 10.8 Å². The monoisotopic (exact) mass is 292 g/mol. The Morgan fingerprint density at radius 2 is 2.05 bits per heavy atom. The van der Waals surface area contributed by atoms with Gasteiger partial charge in [0.05, 0.1) is 12.2 Å². The third-order valence-corrected chi connectivity index (χ3v) is 4.18. The van der Waals surface area contributed by atoms with Crippen molar-refractivity contribution in [3.63, 3.8) is 0 Å². The van der Waals surface area contributed by atoms with Crippen LogP contribution < -0.4 is 5.32 Å². The summed E-state index contributed by atoms with van der Waals surface area (Å²) in [6.45, 7) is 0. The molecule has 0 aromatic carbocycles. The first-order valence-electron chi connectivity index (χ1n) is 6.58. The molecule has 2 heterocycles. The Morgan fingerprint density at radius 1 is 1.15 bits per heavy atom. The van der Waals surface area contributed by atoms with Gasteiger partial charge >= 0.3 is 0 Å². The first-order valence-corrected chi connectivity index (χ1v) is 7.46. The Kier molecular flexibility index (Phi) is 3.90. The zero-order chi connectivity index (χ0) is 13.9. The standard InChI is InChI=1S/C13H16N4O2S/c18-9-2-1-8(7-10(9)19)16-11-3-4-14-12(17-11)13-15-5-6-20-13/h3-6,8-10,18-19H,1-2,7H2,(H,14,16,17)/t8?,9-,10+/m1/s1. The molecule has 6 nitrogen and oxygen atoms in total. The van der Waals surface area contributed by atoms with Crippen LogP contribution in [0.1, 0.15) is 19.3 Å². The summed E-state index contributed by atoms with van der Waals surface area (Å²) in [5.74, 6) is 1.32. The second-order valence-electron chi connectivity index (χ2n) is 4.89. The molecule has 0 spiro atoms. The smallest absolute Gasteiger partial charge is 0.190 e. The van der Waals surface area contributed by atoms with E-state index in [9.17, 15) is 10.2 Å². The molecule has 2 aromatic rings. The minimum absolute atomic E-state index is 0.118. The van der Waals surface area contributed by atoms with Gasteiger partial charge in [0.1, 0.15) is 5.82 Å². The molecule has 1 saturated carbocycles. The van der Waals surface area contributed by atoms with Crippen molar-refractivity contribution in [2.45, 2.75) is 37.5 Å². The van der Waals surface area contributed by atoms with Crippen LogP contribution in [0.4, 0.5) is 5.82 Å². The molecule has 3 N–H and O–H groups in total. The molecular formula is C13H16N4O2S. The van der Waals surface area contributed by atoms with Gasteiger partial charge in [-0.3, -0.25) is 0 Å². The van der Waals surface area contributed by atoms with Crippen LogP contribution in [0.15, 0.2) is 23.8 Å². The molecule has 20 heavy (non-hydrogen) atoms. The number of anilines is 1. The van der Waals surface area contributed by atoms with E-state index in [1.807, 2.05) is 5.38 Å². The van der Waals surface area contributed by atoms with Crippen molar-refractivity contribution in [2.75, 3.05) is 5.32 Å². The molecule has 0 bridgehead atoms. The lowest BCUT2D eigenvalue weighted by Crippen LogP contribution is -2.39. The van der Waals surface area contributed by atoms with E-state index in [2.05, 4.69) is 20.3 Å². The minimum Gasteiger partial charge on any atom is -0.390 e. The van der Waals surface area contributed by atoms with E-state index in [1.54, 1.807) is 18.5 Å². The molecule has 1 aliphatic rings. The molecule has 0 radical (unpaired) electrons. The van der Waals surface area contributed by atoms with Crippen molar-refractivity contribution in [2.24, 2.45) is 0 Å². The fourth-order valence-corrected chi connectivity index (χ4v) is 2.92. The number of nitrogens with zero attached hydrogens (tertiary/aromatic N) is 3. The van der Waals surface area contributed by atoms with E-state index in [0.717, 1.165) is 17.2 Å². The van der Waals surface area contributed by atoms with Gasteiger partial charge in [-0.1, -0.05) is 0 Å². The summed E-state index contributed by atoms with van der Waals surface area (Å²) in [6, 6.07) is 1.92. The second kappa shape index (κ2) is 5.82. The molecule has 3 rings (SSSR count). The van der Waals surface area contributed by atoms with Gasteiger partial charge in [-0.25, -0.2) is 15.0 Å². The average molecular weight is 292 g/mol. The number of nitrogens with one attached hydrogen (secondary N) is 1. The normalized spacial score (nSPS) is 26.4. The number of aliphatic hydroxyl groups excluding tert-OH is 2. The van der Waals surface area contributed by atoms with Gasteiger partial charge in [0.2, 0.25) is 0 Å². The van der Waals surface area contributed by atoms with Crippen molar-refractivity contribution >= 4 is 17.2 Å². The summed E-state index contributed by atoms with van der Waals surface area (Å²) in [5, 5.41) is 25.2. The lowest BCUT2D eigenvalue weighted by Gasteiger charge is -2.30. The van der Waals surface area contributed by atoms with Gasteiger partial charge in [0, 0.05) is 23.8 Å². The molecular weight excluding hydrogens is 276 g/mol.